The molecule has 0 aliphatic rings. The van der Waals surface area contributed by atoms with E-state index in [0.29, 0.717) is 4.73 Å². The molecule has 0 saturated heterocycles. The van der Waals surface area contributed by atoms with Gasteiger partial charge in [0.25, 0.3) is 0 Å². The van der Waals surface area contributed by atoms with Gasteiger partial charge in [0.2, 0.25) is 0 Å². The van der Waals surface area contributed by atoms with E-state index in [1.54, 1.807) is 0 Å². The van der Waals surface area contributed by atoms with Crippen molar-refractivity contribution in [2.45, 2.75) is 0 Å². The molecule has 6 aromatic rings. The molecule has 0 saturated carbocycles. The molecule has 0 radical (unpaired) electrons. The number of nitrogens with zero attached hydrogens (tertiary/aromatic N) is 3. The monoisotopic (exact) mass is 449 g/mol. The van der Waals surface area contributed by atoms with Crippen LogP contribution in [0.25, 0.3) is 49.7 Å². The largest absolute Gasteiger partial charge is 0.309 e. The molecule has 4 aromatic carbocycles. The van der Waals surface area contributed by atoms with Gasteiger partial charge in [0.05, 0.1) is 22.2 Å². The van der Waals surface area contributed by atoms with Crippen molar-refractivity contribution in [3.8, 4) is 16.9 Å². The fourth-order valence-electron chi connectivity index (χ4n) is 4.24. The van der Waals surface area contributed by atoms with Crippen molar-refractivity contribution in [1.82, 2.24) is 14.5 Å². The molecule has 0 fully saturated rings. The number of para-hydroxylation sites is 3. The highest BCUT2D eigenvalue weighted by atomic mass is 79.9. The molecule has 30 heavy (non-hydrogen) atoms. The third kappa shape index (κ3) is 2.65. The first-order valence-corrected chi connectivity index (χ1v) is 10.6. The summed E-state index contributed by atoms with van der Waals surface area (Å²) >= 11 is 3.48. The molecule has 2 aromatic heterocycles. The van der Waals surface area contributed by atoms with Gasteiger partial charge in [-0.2, -0.15) is 0 Å². The van der Waals surface area contributed by atoms with Gasteiger partial charge in [-0.3, -0.25) is 0 Å². The van der Waals surface area contributed by atoms with Crippen LogP contribution in [0.5, 0.6) is 0 Å². The lowest BCUT2D eigenvalue weighted by atomic mass is 10.0. The highest BCUT2D eigenvalue weighted by Gasteiger charge is 2.15. The molecule has 142 valence electrons. The van der Waals surface area contributed by atoms with Gasteiger partial charge in [-0.15, -0.1) is 0 Å². The fourth-order valence-corrected chi connectivity index (χ4v) is 4.61. The highest BCUT2D eigenvalue weighted by molar-refractivity contribution is 9.10. The zero-order valence-corrected chi connectivity index (χ0v) is 17.5. The van der Waals surface area contributed by atoms with E-state index in [4.69, 9.17) is 4.98 Å². The number of rotatable bonds is 2. The lowest BCUT2D eigenvalue weighted by Gasteiger charge is -2.09. The summed E-state index contributed by atoms with van der Waals surface area (Å²) in [6, 6.07) is 33.8. The topological polar surface area (TPSA) is 30.7 Å². The predicted octanol–water partition coefficient (Wildman–Crippen LogP) is 7.16. The molecule has 0 aliphatic carbocycles. The molecule has 0 aliphatic heterocycles. The summed E-state index contributed by atoms with van der Waals surface area (Å²) in [7, 11) is 0. The van der Waals surface area contributed by atoms with E-state index in [0.717, 1.165) is 27.8 Å². The molecule has 0 amide bonds. The minimum Gasteiger partial charge on any atom is -0.309 e. The maximum absolute atomic E-state index is 4.72. The Hall–Kier alpha value is -3.50. The van der Waals surface area contributed by atoms with Crippen LogP contribution in [0, 0.1) is 0 Å². The quantitative estimate of drug-likeness (QED) is 0.262. The van der Waals surface area contributed by atoms with E-state index in [-0.39, 0.29) is 0 Å². The molecule has 0 N–H and O–H groups in total. The summed E-state index contributed by atoms with van der Waals surface area (Å²) in [5.41, 5.74) is 6.49. The number of hydrogen-bond acceptors (Lipinski definition) is 2. The van der Waals surface area contributed by atoms with Gasteiger partial charge in [0, 0.05) is 27.4 Å². The van der Waals surface area contributed by atoms with Gasteiger partial charge in [-0.1, -0.05) is 60.7 Å². The van der Waals surface area contributed by atoms with Crippen LogP contribution in [0.2, 0.25) is 0 Å². The summed E-state index contributed by atoms with van der Waals surface area (Å²) in [5.74, 6) is 0. The zero-order chi connectivity index (χ0) is 20.1. The van der Waals surface area contributed by atoms with Gasteiger partial charge < -0.3 is 4.57 Å². The molecule has 6 rings (SSSR count). The van der Waals surface area contributed by atoms with Crippen LogP contribution in [0.3, 0.4) is 0 Å². The highest BCUT2D eigenvalue weighted by Crippen LogP contribution is 2.36. The minimum absolute atomic E-state index is 0.600. The Morgan fingerprint density at radius 1 is 0.600 bits per heavy atom. The van der Waals surface area contributed by atoms with Gasteiger partial charge in [-0.05, 0) is 52.3 Å². The Morgan fingerprint density at radius 2 is 1.30 bits per heavy atom. The van der Waals surface area contributed by atoms with Crippen molar-refractivity contribution >= 4 is 48.6 Å². The normalized spacial score (nSPS) is 11.5. The first kappa shape index (κ1) is 17.4. The van der Waals surface area contributed by atoms with Crippen LogP contribution < -0.4 is 0 Å². The molecule has 4 heteroatoms. The van der Waals surface area contributed by atoms with Gasteiger partial charge in [0.1, 0.15) is 0 Å². The third-order valence-corrected chi connectivity index (χ3v) is 5.89. The Morgan fingerprint density at radius 3 is 2.17 bits per heavy atom. The molecule has 0 atom stereocenters. The molecular formula is C26H16BrN3. The SMILES string of the molecule is Brc1nc(-c2ccc3c(c2)c2ccccc2n3-c2ccccc2)c2ccccc2n1. The van der Waals surface area contributed by atoms with Crippen LogP contribution in [0.1, 0.15) is 0 Å². The van der Waals surface area contributed by atoms with Crippen LogP contribution in [-0.4, -0.2) is 14.5 Å². The lowest BCUT2D eigenvalue weighted by molar-refractivity contribution is 1.16. The van der Waals surface area contributed by atoms with Crippen molar-refractivity contribution in [3.05, 3.63) is 102 Å². The summed E-state index contributed by atoms with van der Waals surface area (Å²) in [6.07, 6.45) is 0. The summed E-state index contributed by atoms with van der Waals surface area (Å²) in [6.45, 7) is 0. The number of benzene rings is 4. The first-order chi connectivity index (χ1) is 14.8. The second-order valence-electron chi connectivity index (χ2n) is 7.28. The second-order valence-corrected chi connectivity index (χ2v) is 7.99. The standard InChI is InChI=1S/C26H16BrN3/c27-26-28-22-12-6-4-11-20(22)25(29-26)17-14-15-24-21(16-17)19-10-5-7-13-23(19)30(24)18-8-2-1-3-9-18/h1-16H. The minimum atomic E-state index is 0.600. The van der Waals surface area contributed by atoms with Crippen molar-refractivity contribution in [2.75, 3.05) is 0 Å². The van der Waals surface area contributed by atoms with E-state index < -0.39 is 0 Å². The second kappa shape index (κ2) is 6.78. The molecular weight excluding hydrogens is 434 g/mol. The number of aromatic nitrogens is 3. The van der Waals surface area contributed by atoms with Crippen LogP contribution in [-0.2, 0) is 0 Å². The summed E-state index contributed by atoms with van der Waals surface area (Å²) < 4.78 is 2.92. The van der Waals surface area contributed by atoms with Crippen molar-refractivity contribution in [2.24, 2.45) is 0 Å². The van der Waals surface area contributed by atoms with Crippen LogP contribution in [0.15, 0.2) is 102 Å². The van der Waals surface area contributed by atoms with Crippen molar-refractivity contribution in [3.63, 3.8) is 0 Å². The van der Waals surface area contributed by atoms with Gasteiger partial charge >= 0.3 is 0 Å². The van der Waals surface area contributed by atoms with E-state index in [2.05, 4.69) is 98.3 Å². The maximum atomic E-state index is 4.72. The molecule has 0 bridgehead atoms. The number of hydrogen-bond donors (Lipinski definition) is 0. The Labute approximate surface area is 181 Å². The molecule has 3 nitrogen and oxygen atoms in total. The lowest BCUT2D eigenvalue weighted by Crippen LogP contribution is -1.93. The molecule has 2 heterocycles. The Bertz CT molecular complexity index is 1550. The van der Waals surface area contributed by atoms with Crippen LogP contribution >= 0.6 is 15.9 Å². The number of halogens is 1. The number of fused-ring (bicyclic) bond motifs is 4. The van der Waals surface area contributed by atoms with E-state index in [9.17, 15) is 0 Å². The average molecular weight is 450 g/mol. The zero-order valence-electron chi connectivity index (χ0n) is 16.0. The van der Waals surface area contributed by atoms with Gasteiger partial charge in [-0.25, -0.2) is 9.97 Å². The Balaban J connectivity index is 1.69. The smallest absolute Gasteiger partial charge is 0.197 e. The van der Waals surface area contributed by atoms with Gasteiger partial charge in [0.15, 0.2) is 4.73 Å². The fraction of sp³-hybridized carbons (Fsp3) is 0. The summed E-state index contributed by atoms with van der Waals surface area (Å²) in [5, 5.41) is 3.49. The third-order valence-electron chi connectivity index (χ3n) is 5.54. The molecule has 0 unspecified atom stereocenters. The summed E-state index contributed by atoms with van der Waals surface area (Å²) in [4.78, 5) is 9.24. The van der Waals surface area contributed by atoms with E-state index in [1.807, 2.05) is 24.3 Å². The maximum Gasteiger partial charge on any atom is 0.197 e. The first-order valence-electron chi connectivity index (χ1n) is 9.81. The van der Waals surface area contributed by atoms with Crippen molar-refractivity contribution < 1.29 is 0 Å². The van der Waals surface area contributed by atoms with E-state index >= 15 is 0 Å². The van der Waals surface area contributed by atoms with Crippen LogP contribution in [0.4, 0.5) is 0 Å². The predicted molar refractivity (Wildman–Crippen MR) is 127 cm³/mol. The average Bonchev–Trinajstić information content (AvgIpc) is 3.13. The van der Waals surface area contributed by atoms with E-state index in [1.165, 1.54) is 21.8 Å². The van der Waals surface area contributed by atoms with Crippen molar-refractivity contribution in [1.29, 1.82) is 0 Å². The molecule has 0 spiro atoms. The Kier molecular flexibility index (Phi) is 3.93.